The van der Waals surface area contributed by atoms with E-state index in [4.69, 9.17) is 5.73 Å². The smallest absolute Gasteiger partial charge is 0.0603 e. The molecule has 1 rings (SSSR count). The molecule has 0 aliphatic carbocycles. The predicted octanol–water partition coefficient (Wildman–Crippen LogP) is 0.687. The molecule has 102 valence electrons. The van der Waals surface area contributed by atoms with Crippen molar-refractivity contribution in [2.75, 3.05) is 39.3 Å². The van der Waals surface area contributed by atoms with E-state index in [-0.39, 0.29) is 5.66 Å². The third-order valence-electron chi connectivity index (χ3n) is 3.37. The van der Waals surface area contributed by atoms with Crippen LogP contribution in [0, 0.1) is 0 Å². The second-order valence-corrected chi connectivity index (χ2v) is 5.97. The summed E-state index contributed by atoms with van der Waals surface area (Å²) in [7, 11) is 0. The molecule has 0 unspecified atom stereocenters. The van der Waals surface area contributed by atoms with Crippen molar-refractivity contribution in [1.29, 1.82) is 0 Å². The van der Waals surface area contributed by atoms with Crippen molar-refractivity contribution in [3.63, 3.8) is 0 Å². The lowest BCUT2D eigenvalue weighted by Crippen LogP contribution is -2.50. The highest BCUT2D eigenvalue weighted by atomic mass is 15.3. The molecule has 1 heterocycles. The van der Waals surface area contributed by atoms with Gasteiger partial charge in [-0.15, -0.1) is 0 Å². The Morgan fingerprint density at radius 3 is 2.24 bits per heavy atom. The minimum atomic E-state index is -0.240. The lowest BCUT2D eigenvalue weighted by atomic mass is 10.2. The number of hydrogen-bond acceptors (Lipinski definition) is 4. The Labute approximate surface area is 107 Å². The molecule has 1 saturated heterocycles. The Hall–Kier alpha value is -0.160. The van der Waals surface area contributed by atoms with Crippen LogP contribution in [0.1, 0.15) is 34.1 Å². The maximum Gasteiger partial charge on any atom is 0.0603 e. The van der Waals surface area contributed by atoms with Crippen LogP contribution in [-0.2, 0) is 0 Å². The monoisotopic (exact) mass is 242 g/mol. The predicted molar refractivity (Wildman–Crippen MR) is 74.0 cm³/mol. The molecule has 3 N–H and O–H groups in total. The quantitative estimate of drug-likeness (QED) is 0.531. The number of piperazine rings is 1. The lowest BCUT2D eigenvalue weighted by Gasteiger charge is -2.37. The van der Waals surface area contributed by atoms with Crippen molar-refractivity contribution in [1.82, 2.24) is 15.1 Å². The summed E-state index contributed by atoms with van der Waals surface area (Å²) in [6.07, 6.45) is 1.18. The van der Waals surface area contributed by atoms with Gasteiger partial charge in [-0.2, -0.15) is 0 Å². The zero-order valence-electron chi connectivity index (χ0n) is 12.0. The number of nitrogens with two attached hydrogens (primary N) is 1. The number of nitrogens with one attached hydrogen (secondary N) is 1. The molecular formula is C13H30N4. The van der Waals surface area contributed by atoms with Crippen molar-refractivity contribution < 1.29 is 0 Å². The van der Waals surface area contributed by atoms with Crippen LogP contribution in [-0.4, -0.2) is 60.8 Å². The van der Waals surface area contributed by atoms with Crippen LogP contribution in [0.5, 0.6) is 0 Å². The first-order valence-electron chi connectivity index (χ1n) is 6.89. The number of nitrogens with zero attached hydrogens (tertiary/aromatic N) is 2. The summed E-state index contributed by atoms with van der Waals surface area (Å²) in [6.45, 7) is 15.6. The van der Waals surface area contributed by atoms with Gasteiger partial charge in [0.2, 0.25) is 0 Å². The molecular weight excluding hydrogens is 212 g/mol. The molecule has 4 nitrogen and oxygen atoms in total. The largest absolute Gasteiger partial charge is 0.314 e. The van der Waals surface area contributed by atoms with E-state index in [0.717, 1.165) is 6.54 Å². The summed E-state index contributed by atoms with van der Waals surface area (Å²) in [4.78, 5) is 5.11. The van der Waals surface area contributed by atoms with Crippen LogP contribution in [0.25, 0.3) is 0 Å². The Balaban J connectivity index is 2.07. The van der Waals surface area contributed by atoms with Crippen molar-refractivity contribution in [3.8, 4) is 0 Å². The van der Waals surface area contributed by atoms with E-state index in [2.05, 4.69) is 29.0 Å². The van der Waals surface area contributed by atoms with Gasteiger partial charge in [-0.3, -0.25) is 10.2 Å². The molecule has 17 heavy (non-hydrogen) atoms. The molecule has 4 heteroatoms. The first-order valence-corrected chi connectivity index (χ1v) is 6.89. The number of rotatable bonds is 6. The maximum atomic E-state index is 5.87. The summed E-state index contributed by atoms with van der Waals surface area (Å²) in [6, 6.07) is 0.692. The topological polar surface area (TPSA) is 44.5 Å². The molecule has 0 spiro atoms. The summed E-state index contributed by atoms with van der Waals surface area (Å²) in [5.41, 5.74) is 5.64. The highest BCUT2D eigenvalue weighted by Gasteiger charge is 2.18. The lowest BCUT2D eigenvalue weighted by molar-refractivity contribution is 0.107. The van der Waals surface area contributed by atoms with Gasteiger partial charge in [-0.05, 0) is 47.2 Å². The standard InChI is InChI=1S/C13H30N4/c1-12(2)17-10-8-16(9-11-17)7-5-6-15-13(3,4)14/h12,15H,5-11,14H2,1-4H3. The average molecular weight is 242 g/mol. The van der Waals surface area contributed by atoms with Gasteiger partial charge in [0, 0.05) is 32.2 Å². The van der Waals surface area contributed by atoms with E-state index in [1.165, 1.54) is 39.1 Å². The van der Waals surface area contributed by atoms with Crippen molar-refractivity contribution in [2.45, 2.75) is 45.8 Å². The Bertz CT molecular complexity index is 202. The molecule has 0 bridgehead atoms. The molecule has 1 fully saturated rings. The molecule has 0 radical (unpaired) electrons. The molecule has 0 aromatic carbocycles. The molecule has 0 saturated carbocycles. The first-order chi connectivity index (χ1) is 7.88. The van der Waals surface area contributed by atoms with E-state index in [0.29, 0.717) is 6.04 Å². The van der Waals surface area contributed by atoms with E-state index in [9.17, 15) is 0 Å². The van der Waals surface area contributed by atoms with E-state index in [1.807, 2.05) is 13.8 Å². The highest BCUT2D eigenvalue weighted by molar-refractivity contribution is 4.75. The Morgan fingerprint density at radius 1 is 1.18 bits per heavy atom. The third kappa shape index (κ3) is 6.36. The fraction of sp³-hybridized carbons (Fsp3) is 1.00. The normalized spacial score (nSPS) is 20.1. The zero-order valence-corrected chi connectivity index (χ0v) is 12.0. The van der Waals surface area contributed by atoms with Gasteiger partial charge < -0.3 is 10.6 Å². The molecule has 1 aliphatic heterocycles. The van der Waals surface area contributed by atoms with Crippen LogP contribution < -0.4 is 11.1 Å². The fourth-order valence-corrected chi connectivity index (χ4v) is 2.22. The fourth-order valence-electron chi connectivity index (χ4n) is 2.22. The minimum Gasteiger partial charge on any atom is -0.314 e. The van der Waals surface area contributed by atoms with Crippen LogP contribution in [0.4, 0.5) is 0 Å². The van der Waals surface area contributed by atoms with E-state index in [1.54, 1.807) is 0 Å². The van der Waals surface area contributed by atoms with E-state index >= 15 is 0 Å². The highest BCUT2D eigenvalue weighted by Crippen LogP contribution is 2.06. The van der Waals surface area contributed by atoms with Gasteiger partial charge in [0.25, 0.3) is 0 Å². The van der Waals surface area contributed by atoms with Gasteiger partial charge in [0.1, 0.15) is 0 Å². The first kappa shape index (κ1) is 14.9. The van der Waals surface area contributed by atoms with Crippen molar-refractivity contribution in [2.24, 2.45) is 5.73 Å². The van der Waals surface area contributed by atoms with Crippen molar-refractivity contribution >= 4 is 0 Å². The zero-order chi connectivity index (χ0) is 12.9. The third-order valence-corrected chi connectivity index (χ3v) is 3.37. The molecule has 0 amide bonds. The molecule has 1 aliphatic rings. The SMILES string of the molecule is CC(C)N1CCN(CCCNC(C)(C)N)CC1. The molecule has 0 aromatic rings. The van der Waals surface area contributed by atoms with Gasteiger partial charge in [0.15, 0.2) is 0 Å². The van der Waals surface area contributed by atoms with Crippen LogP contribution in [0.2, 0.25) is 0 Å². The van der Waals surface area contributed by atoms with Gasteiger partial charge in [-0.1, -0.05) is 0 Å². The minimum absolute atomic E-state index is 0.240. The molecule has 0 atom stereocenters. The molecule has 0 aromatic heterocycles. The van der Waals surface area contributed by atoms with Gasteiger partial charge >= 0.3 is 0 Å². The second-order valence-electron chi connectivity index (χ2n) is 5.97. The Morgan fingerprint density at radius 2 is 1.76 bits per heavy atom. The number of hydrogen-bond donors (Lipinski definition) is 2. The summed E-state index contributed by atoms with van der Waals surface area (Å²) in [5, 5.41) is 3.33. The van der Waals surface area contributed by atoms with Crippen molar-refractivity contribution in [3.05, 3.63) is 0 Å². The average Bonchev–Trinajstić information content (AvgIpc) is 2.24. The van der Waals surface area contributed by atoms with Gasteiger partial charge in [-0.25, -0.2) is 0 Å². The maximum absolute atomic E-state index is 5.87. The summed E-state index contributed by atoms with van der Waals surface area (Å²) in [5.74, 6) is 0. The second kappa shape index (κ2) is 6.69. The Kier molecular flexibility index (Phi) is 5.86. The van der Waals surface area contributed by atoms with Crippen LogP contribution in [0.15, 0.2) is 0 Å². The van der Waals surface area contributed by atoms with Crippen LogP contribution in [0.3, 0.4) is 0 Å². The van der Waals surface area contributed by atoms with Gasteiger partial charge in [0.05, 0.1) is 5.66 Å². The van der Waals surface area contributed by atoms with Crippen LogP contribution >= 0.6 is 0 Å². The van der Waals surface area contributed by atoms with E-state index < -0.39 is 0 Å². The summed E-state index contributed by atoms with van der Waals surface area (Å²) < 4.78 is 0. The summed E-state index contributed by atoms with van der Waals surface area (Å²) >= 11 is 0.